The molecule has 2 aromatic rings. The van der Waals surface area contributed by atoms with Crippen molar-refractivity contribution in [3.8, 4) is 0 Å². The number of furan rings is 1. The molecule has 3 rings (SSSR count). The summed E-state index contributed by atoms with van der Waals surface area (Å²) in [4.78, 5) is 16.5. The predicted molar refractivity (Wildman–Crippen MR) is 85.2 cm³/mol. The lowest BCUT2D eigenvalue weighted by molar-refractivity contribution is -0.132. The van der Waals surface area contributed by atoms with E-state index in [1.165, 1.54) is 5.56 Å². The number of nitrogens with zero attached hydrogens (tertiary/aromatic N) is 2. The fourth-order valence-electron chi connectivity index (χ4n) is 3.09. The molecule has 116 valence electrons. The van der Waals surface area contributed by atoms with Gasteiger partial charge < -0.3 is 9.32 Å². The largest absolute Gasteiger partial charge is 0.467 e. The molecule has 4 nitrogen and oxygen atoms in total. The van der Waals surface area contributed by atoms with E-state index in [-0.39, 0.29) is 5.91 Å². The van der Waals surface area contributed by atoms with Crippen molar-refractivity contribution in [1.82, 2.24) is 9.80 Å². The van der Waals surface area contributed by atoms with E-state index in [0.717, 1.165) is 25.1 Å². The molecular weight excluding hydrogens is 276 g/mol. The summed E-state index contributed by atoms with van der Waals surface area (Å²) in [6.07, 6.45) is 3.91. The van der Waals surface area contributed by atoms with E-state index in [1.807, 2.05) is 25.2 Å². The normalized spacial score (nSPS) is 18.5. The van der Waals surface area contributed by atoms with Gasteiger partial charge in [-0.1, -0.05) is 30.3 Å². The summed E-state index contributed by atoms with van der Waals surface area (Å²) < 4.78 is 5.31. The van der Waals surface area contributed by atoms with Gasteiger partial charge in [-0.3, -0.25) is 9.69 Å². The smallest absolute Gasteiger partial charge is 0.236 e. The Morgan fingerprint density at radius 1 is 1.27 bits per heavy atom. The van der Waals surface area contributed by atoms with Crippen LogP contribution in [-0.2, 0) is 11.3 Å². The molecule has 2 heterocycles. The molecule has 1 aromatic carbocycles. The summed E-state index contributed by atoms with van der Waals surface area (Å²) >= 11 is 0. The van der Waals surface area contributed by atoms with Gasteiger partial charge in [0.1, 0.15) is 5.76 Å². The number of carbonyl (C=O) groups is 1. The molecule has 4 heteroatoms. The number of hydrogen-bond acceptors (Lipinski definition) is 3. The first kappa shape index (κ1) is 14.9. The SMILES string of the molecule is CN(Cc1ccco1)C(=O)CN1CCCC1c1ccccc1. The third kappa shape index (κ3) is 3.39. The lowest BCUT2D eigenvalue weighted by Crippen LogP contribution is -2.37. The van der Waals surface area contributed by atoms with E-state index in [1.54, 1.807) is 11.2 Å². The molecule has 1 saturated heterocycles. The van der Waals surface area contributed by atoms with Gasteiger partial charge in [0.2, 0.25) is 5.91 Å². The van der Waals surface area contributed by atoms with Gasteiger partial charge in [0, 0.05) is 13.1 Å². The molecule has 1 aliphatic heterocycles. The van der Waals surface area contributed by atoms with Crippen LogP contribution in [0.4, 0.5) is 0 Å². The number of likely N-dealkylation sites (tertiary alicyclic amines) is 1. The molecule has 22 heavy (non-hydrogen) atoms. The van der Waals surface area contributed by atoms with Crippen molar-refractivity contribution in [2.75, 3.05) is 20.1 Å². The Bertz CT molecular complexity index is 595. The van der Waals surface area contributed by atoms with Gasteiger partial charge >= 0.3 is 0 Å². The minimum absolute atomic E-state index is 0.138. The zero-order valence-corrected chi connectivity index (χ0v) is 12.9. The Kier molecular flexibility index (Phi) is 4.59. The zero-order valence-electron chi connectivity index (χ0n) is 12.9. The van der Waals surface area contributed by atoms with Gasteiger partial charge in [0.25, 0.3) is 0 Å². The van der Waals surface area contributed by atoms with Crippen LogP contribution >= 0.6 is 0 Å². The standard InChI is InChI=1S/C18H22N2O2/c1-19(13-16-9-6-12-22-16)18(21)14-20-11-5-10-17(20)15-7-3-2-4-8-15/h2-4,6-9,12,17H,5,10-11,13-14H2,1H3. The topological polar surface area (TPSA) is 36.7 Å². The second-order valence-corrected chi connectivity index (χ2v) is 5.87. The van der Waals surface area contributed by atoms with Crippen molar-refractivity contribution in [2.45, 2.75) is 25.4 Å². The first-order valence-electron chi connectivity index (χ1n) is 7.79. The summed E-state index contributed by atoms with van der Waals surface area (Å²) in [5.41, 5.74) is 1.31. The zero-order chi connectivity index (χ0) is 15.4. The molecule has 0 aliphatic carbocycles. The Hall–Kier alpha value is -2.07. The van der Waals surface area contributed by atoms with Crippen LogP contribution in [0, 0.1) is 0 Å². The molecule has 0 bridgehead atoms. The van der Waals surface area contributed by atoms with Crippen LogP contribution in [0.5, 0.6) is 0 Å². The Morgan fingerprint density at radius 2 is 2.09 bits per heavy atom. The van der Waals surface area contributed by atoms with Crippen molar-refractivity contribution in [1.29, 1.82) is 0 Å². The molecule has 0 radical (unpaired) electrons. The fourth-order valence-corrected chi connectivity index (χ4v) is 3.09. The molecule has 1 aromatic heterocycles. The molecule has 1 aliphatic rings. The minimum Gasteiger partial charge on any atom is -0.467 e. The highest BCUT2D eigenvalue weighted by Gasteiger charge is 2.28. The van der Waals surface area contributed by atoms with Gasteiger partial charge in [0.05, 0.1) is 19.4 Å². The Balaban J connectivity index is 1.60. The van der Waals surface area contributed by atoms with Gasteiger partial charge in [-0.15, -0.1) is 0 Å². The Labute approximate surface area is 131 Å². The van der Waals surface area contributed by atoms with Gasteiger partial charge in [-0.25, -0.2) is 0 Å². The average molecular weight is 298 g/mol. The molecular formula is C18H22N2O2. The first-order chi connectivity index (χ1) is 10.7. The van der Waals surface area contributed by atoms with E-state index in [0.29, 0.717) is 19.1 Å². The molecule has 0 spiro atoms. The molecule has 1 amide bonds. The summed E-state index contributed by atoms with van der Waals surface area (Å²) in [6, 6.07) is 14.6. The van der Waals surface area contributed by atoms with Crippen LogP contribution < -0.4 is 0 Å². The lowest BCUT2D eigenvalue weighted by atomic mass is 10.0. The third-order valence-corrected chi connectivity index (χ3v) is 4.29. The second kappa shape index (κ2) is 6.79. The average Bonchev–Trinajstić information content (AvgIpc) is 3.19. The minimum atomic E-state index is 0.138. The van der Waals surface area contributed by atoms with Crippen LogP contribution in [0.25, 0.3) is 0 Å². The maximum absolute atomic E-state index is 12.4. The second-order valence-electron chi connectivity index (χ2n) is 5.87. The van der Waals surface area contributed by atoms with E-state index >= 15 is 0 Å². The fraction of sp³-hybridized carbons (Fsp3) is 0.389. The van der Waals surface area contributed by atoms with Crippen molar-refractivity contribution in [3.05, 3.63) is 60.1 Å². The maximum Gasteiger partial charge on any atom is 0.236 e. The summed E-state index contributed by atoms with van der Waals surface area (Å²) in [6.45, 7) is 1.98. The van der Waals surface area contributed by atoms with Crippen LogP contribution in [-0.4, -0.2) is 35.8 Å². The first-order valence-corrected chi connectivity index (χ1v) is 7.79. The molecule has 0 saturated carbocycles. The number of carbonyl (C=O) groups excluding carboxylic acids is 1. The van der Waals surface area contributed by atoms with Crippen molar-refractivity contribution in [3.63, 3.8) is 0 Å². The molecule has 1 unspecified atom stereocenters. The van der Waals surface area contributed by atoms with E-state index in [2.05, 4.69) is 29.2 Å². The highest BCUT2D eigenvalue weighted by atomic mass is 16.3. The predicted octanol–water partition coefficient (Wildman–Crippen LogP) is 3.08. The van der Waals surface area contributed by atoms with Crippen molar-refractivity contribution < 1.29 is 9.21 Å². The van der Waals surface area contributed by atoms with Crippen LogP contribution in [0.15, 0.2) is 53.1 Å². The highest BCUT2D eigenvalue weighted by molar-refractivity contribution is 5.78. The summed E-state index contributed by atoms with van der Waals surface area (Å²) in [5, 5.41) is 0. The van der Waals surface area contributed by atoms with Crippen LogP contribution in [0.1, 0.15) is 30.2 Å². The molecule has 1 atom stereocenters. The molecule has 0 N–H and O–H groups in total. The van der Waals surface area contributed by atoms with Crippen molar-refractivity contribution >= 4 is 5.91 Å². The summed E-state index contributed by atoms with van der Waals surface area (Å²) in [7, 11) is 1.83. The monoisotopic (exact) mass is 298 g/mol. The number of benzene rings is 1. The highest BCUT2D eigenvalue weighted by Crippen LogP contribution is 2.31. The number of likely N-dealkylation sites (N-methyl/N-ethyl adjacent to an activating group) is 1. The lowest BCUT2D eigenvalue weighted by Gasteiger charge is -2.26. The van der Waals surface area contributed by atoms with Gasteiger partial charge in [-0.2, -0.15) is 0 Å². The number of rotatable bonds is 5. The summed E-state index contributed by atoms with van der Waals surface area (Å²) in [5.74, 6) is 0.955. The maximum atomic E-state index is 12.4. The van der Waals surface area contributed by atoms with E-state index in [4.69, 9.17) is 4.42 Å². The van der Waals surface area contributed by atoms with Crippen LogP contribution in [0.2, 0.25) is 0 Å². The van der Waals surface area contributed by atoms with E-state index in [9.17, 15) is 4.79 Å². The van der Waals surface area contributed by atoms with E-state index < -0.39 is 0 Å². The Morgan fingerprint density at radius 3 is 2.82 bits per heavy atom. The quantitative estimate of drug-likeness (QED) is 0.851. The third-order valence-electron chi connectivity index (χ3n) is 4.29. The number of hydrogen-bond donors (Lipinski definition) is 0. The van der Waals surface area contributed by atoms with Crippen LogP contribution in [0.3, 0.4) is 0 Å². The number of amides is 1. The van der Waals surface area contributed by atoms with Crippen molar-refractivity contribution in [2.24, 2.45) is 0 Å². The molecule has 1 fully saturated rings. The van der Waals surface area contributed by atoms with Gasteiger partial charge in [-0.05, 0) is 37.1 Å². The van der Waals surface area contributed by atoms with Gasteiger partial charge in [0.15, 0.2) is 0 Å².